The quantitative estimate of drug-likeness (QED) is 0.812. The van der Waals surface area contributed by atoms with Crippen LogP contribution in [0, 0.1) is 0 Å². The fourth-order valence-corrected chi connectivity index (χ4v) is 2.57. The van der Waals surface area contributed by atoms with E-state index in [9.17, 15) is 0 Å². The number of nitrogens with two attached hydrogens (primary N) is 1. The number of methoxy groups -OCH3 is 1. The Hall–Kier alpha value is -2.20. The van der Waals surface area contributed by atoms with Gasteiger partial charge in [0.2, 0.25) is 0 Å². The minimum Gasteiger partial charge on any atom is -0.496 e. The first-order valence-corrected chi connectivity index (χ1v) is 7.89. The van der Waals surface area contributed by atoms with E-state index in [0.717, 1.165) is 29.2 Å². The predicted molar refractivity (Wildman–Crippen MR) is 95.7 cm³/mol. The zero-order valence-corrected chi connectivity index (χ0v) is 14.2. The van der Waals surface area contributed by atoms with Gasteiger partial charge in [0, 0.05) is 31.8 Å². The van der Waals surface area contributed by atoms with Crippen molar-refractivity contribution >= 4 is 5.69 Å². The lowest BCUT2D eigenvalue weighted by Crippen LogP contribution is -2.16. The van der Waals surface area contributed by atoms with Crippen molar-refractivity contribution in [3.63, 3.8) is 0 Å². The van der Waals surface area contributed by atoms with Gasteiger partial charge in [-0.25, -0.2) is 0 Å². The Morgan fingerprint density at radius 2 is 1.87 bits per heavy atom. The average Bonchev–Trinajstić information content (AvgIpc) is 2.59. The van der Waals surface area contributed by atoms with Gasteiger partial charge in [-0.2, -0.15) is 0 Å². The van der Waals surface area contributed by atoms with Crippen LogP contribution in [-0.2, 0) is 0 Å². The standard InChI is InChI=1S/C19H26N2O2/c1-21(2)16-7-6-8-17(13-16)23-12-11-15(14-20)18-9-4-5-10-19(18)22-3/h4-10,13,15H,11-12,14,20H2,1-3H3. The first kappa shape index (κ1) is 17.2. The Kier molecular flexibility index (Phi) is 6.29. The first-order valence-electron chi connectivity index (χ1n) is 7.89. The molecule has 0 saturated heterocycles. The van der Waals surface area contributed by atoms with E-state index in [1.165, 1.54) is 0 Å². The lowest BCUT2D eigenvalue weighted by atomic mass is 9.95. The van der Waals surface area contributed by atoms with Crippen molar-refractivity contribution in [2.24, 2.45) is 5.73 Å². The molecular weight excluding hydrogens is 288 g/mol. The highest BCUT2D eigenvalue weighted by Gasteiger charge is 2.14. The fraction of sp³-hybridized carbons (Fsp3) is 0.368. The summed E-state index contributed by atoms with van der Waals surface area (Å²) in [5.74, 6) is 1.99. The van der Waals surface area contributed by atoms with Crippen LogP contribution in [0.5, 0.6) is 11.5 Å². The molecule has 1 unspecified atom stereocenters. The van der Waals surface area contributed by atoms with Gasteiger partial charge in [0.05, 0.1) is 13.7 Å². The Bertz CT molecular complexity index is 614. The van der Waals surface area contributed by atoms with E-state index in [1.54, 1.807) is 7.11 Å². The van der Waals surface area contributed by atoms with Gasteiger partial charge in [0.25, 0.3) is 0 Å². The third-order valence-electron chi connectivity index (χ3n) is 3.93. The third-order valence-corrected chi connectivity index (χ3v) is 3.93. The van der Waals surface area contributed by atoms with Crippen molar-refractivity contribution in [1.29, 1.82) is 0 Å². The Balaban J connectivity index is 1.97. The van der Waals surface area contributed by atoms with E-state index in [2.05, 4.69) is 17.0 Å². The fourth-order valence-electron chi connectivity index (χ4n) is 2.57. The molecule has 124 valence electrons. The summed E-state index contributed by atoms with van der Waals surface area (Å²) in [6.45, 7) is 1.19. The molecule has 0 amide bonds. The maximum absolute atomic E-state index is 5.95. The number of benzene rings is 2. The lowest BCUT2D eigenvalue weighted by Gasteiger charge is -2.19. The zero-order chi connectivity index (χ0) is 16.7. The Morgan fingerprint density at radius 1 is 1.09 bits per heavy atom. The van der Waals surface area contributed by atoms with Crippen molar-refractivity contribution in [3.8, 4) is 11.5 Å². The second-order valence-electron chi connectivity index (χ2n) is 5.70. The van der Waals surface area contributed by atoms with Crippen LogP contribution in [0.3, 0.4) is 0 Å². The van der Waals surface area contributed by atoms with E-state index in [4.69, 9.17) is 15.2 Å². The molecule has 0 saturated carbocycles. The second kappa shape index (κ2) is 8.44. The van der Waals surface area contributed by atoms with Crippen LogP contribution in [0.4, 0.5) is 5.69 Å². The van der Waals surface area contributed by atoms with Crippen molar-refractivity contribution in [3.05, 3.63) is 54.1 Å². The molecule has 1 atom stereocenters. The van der Waals surface area contributed by atoms with Gasteiger partial charge in [0.15, 0.2) is 0 Å². The van der Waals surface area contributed by atoms with Crippen LogP contribution < -0.4 is 20.1 Å². The summed E-state index contributed by atoms with van der Waals surface area (Å²) in [7, 11) is 5.73. The molecule has 0 aliphatic carbocycles. The van der Waals surface area contributed by atoms with Crippen molar-refractivity contribution in [2.45, 2.75) is 12.3 Å². The smallest absolute Gasteiger partial charge is 0.122 e. The van der Waals surface area contributed by atoms with Crippen LogP contribution >= 0.6 is 0 Å². The van der Waals surface area contributed by atoms with Gasteiger partial charge >= 0.3 is 0 Å². The van der Waals surface area contributed by atoms with E-state index in [0.29, 0.717) is 13.2 Å². The Labute approximate surface area is 138 Å². The Morgan fingerprint density at radius 3 is 2.57 bits per heavy atom. The van der Waals surface area contributed by atoms with Crippen LogP contribution in [-0.4, -0.2) is 34.4 Å². The van der Waals surface area contributed by atoms with Crippen molar-refractivity contribution in [2.75, 3.05) is 39.3 Å². The van der Waals surface area contributed by atoms with Gasteiger partial charge < -0.3 is 20.1 Å². The molecule has 0 bridgehead atoms. The topological polar surface area (TPSA) is 47.7 Å². The van der Waals surface area contributed by atoms with Gasteiger partial charge in [-0.3, -0.25) is 0 Å². The number of anilines is 1. The maximum Gasteiger partial charge on any atom is 0.122 e. The van der Waals surface area contributed by atoms with Gasteiger partial charge in [-0.1, -0.05) is 24.3 Å². The summed E-state index contributed by atoms with van der Waals surface area (Å²) >= 11 is 0. The van der Waals surface area contributed by atoms with E-state index in [-0.39, 0.29) is 5.92 Å². The van der Waals surface area contributed by atoms with Crippen molar-refractivity contribution in [1.82, 2.24) is 0 Å². The van der Waals surface area contributed by atoms with E-state index < -0.39 is 0 Å². The average molecular weight is 314 g/mol. The molecule has 0 aliphatic heterocycles. The minimum atomic E-state index is 0.225. The SMILES string of the molecule is COc1ccccc1C(CN)CCOc1cccc(N(C)C)c1. The number of para-hydroxylation sites is 1. The monoisotopic (exact) mass is 314 g/mol. The van der Waals surface area contributed by atoms with Crippen LogP contribution in [0.1, 0.15) is 17.9 Å². The second-order valence-corrected chi connectivity index (χ2v) is 5.70. The molecule has 23 heavy (non-hydrogen) atoms. The summed E-state index contributed by atoms with van der Waals surface area (Å²) in [6, 6.07) is 16.1. The van der Waals surface area contributed by atoms with E-state index in [1.807, 2.05) is 50.5 Å². The van der Waals surface area contributed by atoms with Crippen molar-refractivity contribution < 1.29 is 9.47 Å². The molecule has 2 rings (SSSR count). The summed E-state index contributed by atoms with van der Waals surface area (Å²) in [5.41, 5.74) is 8.22. The number of hydrogen-bond donors (Lipinski definition) is 1. The summed E-state index contributed by atoms with van der Waals surface area (Å²) in [4.78, 5) is 2.06. The molecule has 0 radical (unpaired) electrons. The number of nitrogens with zero attached hydrogens (tertiary/aromatic N) is 1. The number of rotatable bonds is 8. The molecule has 2 N–H and O–H groups in total. The highest BCUT2D eigenvalue weighted by molar-refractivity contribution is 5.49. The first-order chi connectivity index (χ1) is 11.2. The third kappa shape index (κ3) is 4.63. The largest absolute Gasteiger partial charge is 0.496 e. The van der Waals surface area contributed by atoms with E-state index >= 15 is 0 Å². The zero-order valence-electron chi connectivity index (χ0n) is 14.2. The summed E-state index contributed by atoms with van der Waals surface area (Å²) in [6.07, 6.45) is 0.850. The van der Waals surface area contributed by atoms with Gasteiger partial charge in [-0.15, -0.1) is 0 Å². The molecule has 0 heterocycles. The number of ether oxygens (including phenoxy) is 2. The molecule has 0 aromatic heterocycles. The minimum absolute atomic E-state index is 0.225. The molecule has 0 spiro atoms. The maximum atomic E-state index is 5.95. The van der Waals surface area contributed by atoms with Crippen LogP contribution in [0.25, 0.3) is 0 Å². The van der Waals surface area contributed by atoms with Crippen LogP contribution in [0.2, 0.25) is 0 Å². The molecule has 2 aromatic rings. The molecular formula is C19H26N2O2. The lowest BCUT2D eigenvalue weighted by molar-refractivity contribution is 0.296. The predicted octanol–water partition coefficient (Wildman–Crippen LogP) is 3.27. The summed E-state index contributed by atoms with van der Waals surface area (Å²) in [5, 5.41) is 0. The molecule has 2 aromatic carbocycles. The van der Waals surface area contributed by atoms with Crippen LogP contribution in [0.15, 0.2) is 48.5 Å². The highest BCUT2D eigenvalue weighted by atomic mass is 16.5. The van der Waals surface area contributed by atoms with Gasteiger partial charge in [-0.05, 0) is 36.7 Å². The normalized spacial score (nSPS) is 11.8. The molecule has 4 nitrogen and oxygen atoms in total. The highest BCUT2D eigenvalue weighted by Crippen LogP contribution is 2.28. The van der Waals surface area contributed by atoms with Gasteiger partial charge in [0.1, 0.15) is 11.5 Å². The molecule has 4 heteroatoms. The molecule has 0 fully saturated rings. The summed E-state index contributed by atoms with van der Waals surface area (Å²) < 4.78 is 11.3. The number of hydrogen-bond acceptors (Lipinski definition) is 4. The molecule has 0 aliphatic rings.